The molecule has 2 amide bonds. The number of benzene rings is 2. The second-order valence-corrected chi connectivity index (χ2v) is 9.11. The minimum absolute atomic E-state index is 0.0731. The summed E-state index contributed by atoms with van der Waals surface area (Å²) in [7, 11) is 1.31. The van der Waals surface area contributed by atoms with Crippen LogP contribution in [0, 0.1) is 0 Å². The average Bonchev–Trinajstić information content (AvgIpc) is 3.45. The smallest absolute Gasteiger partial charge is 0.407 e. The first kappa shape index (κ1) is 22.9. The molecule has 1 N–H and O–H groups in total. The highest BCUT2D eigenvalue weighted by atomic mass is 16.5. The van der Waals surface area contributed by atoms with E-state index in [0.29, 0.717) is 12.8 Å². The lowest BCUT2D eigenvalue weighted by molar-refractivity contribution is -0.152. The van der Waals surface area contributed by atoms with Crippen LogP contribution >= 0.6 is 0 Å². The van der Waals surface area contributed by atoms with Gasteiger partial charge in [-0.15, -0.1) is 0 Å². The van der Waals surface area contributed by atoms with Crippen molar-refractivity contribution in [1.82, 2.24) is 10.2 Å². The molecule has 1 saturated heterocycles. The van der Waals surface area contributed by atoms with Gasteiger partial charge in [-0.2, -0.15) is 0 Å². The highest BCUT2D eigenvalue weighted by molar-refractivity contribution is 5.91. The summed E-state index contributed by atoms with van der Waals surface area (Å²) in [5.41, 5.74) is 5.29. The van der Waals surface area contributed by atoms with Gasteiger partial charge in [-0.1, -0.05) is 67.3 Å². The Bertz CT molecular complexity index is 1170. The molecule has 0 radical (unpaired) electrons. The number of carbonyl (C=O) groups is 3. The predicted molar refractivity (Wildman–Crippen MR) is 131 cm³/mol. The average molecular weight is 473 g/mol. The fraction of sp³-hybridized carbons (Fsp3) is 0.321. The molecule has 2 aromatic carbocycles. The van der Waals surface area contributed by atoms with Gasteiger partial charge in [-0.3, -0.25) is 4.79 Å². The van der Waals surface area contributed by atoms with E-state index in [2.05, 4.69) is 36.2 Å². The van der Waals surface area contributed by atoms with Gasteiger partial charge in [-0.05, 0) is 47.1 Å². The quantitative estimate of drug-likeness (QED) is 0.682. The Balaban J connectivity index is 1.30. The summed E-state index contributed by atoms with van der Waals surface area (Å²) in [5.74, 6) is -0.865. The lowest BCUT2D eigenvalue weighted by Crippen LogP contribution is -2.55. The van der Waals surface area contributed by atoms with Gasteiger partial charge < -0.3 is 19.7 Å². The zero-order valence-corrected chi connectivity index (χ0v) is 19.6. The Morgan fingerprint density at radius 2 is 1.71 bits per heavy atom. The first-order chi connectivity index (χ1) is 17.0. The van der Waals surface area contributed by atoms with Crippen molar-refractivity contribution in [1.29, 1.82) is 0 Å². The highest BCUT2D eigenvalue weighted by Gasteiger charge is 2.45. The third-order valence-electron chi connectivity index (χ3n) is 7.18. The van der Waals surface area contributed by atoms with Gasteiger partial charge in [0, 0.05) is 5.92 Å². The number of carbonyl (C=O) groups excluding carboxylic acids is 3. The van der Waals surface area contributed by atoms with Crippen LogP contribution in [0.5, 0.6) is 0 Å². The van der Waals surface area contributed by atoms with Gasteiger partial charge in [0.25, 0.3) is 0 Å². The zero-order valence-electron chi connectivity index (χ0n) is 19.6. The molecule has 7 nitrogen and oxygen atoms in total. The van der Waals surface area contributed by atoms with Crippen molar-refractivity contribution in [3.8, 4) is 11.1 Å². The molecule has 0 aromatic heterocycles. The Labute approximate surface area is 204 Å². The van der Waals surface area contributed by atoms with E-state index in [0.717, 1.165) is 27.8 Å². The first-order valence-electron chi connectivity index (χ1n) is 11.9. The molecular formula is C28H28N2O5. The molecular weight excluding hydrogens is 444 g/mol. The number of hydrogen-bond donors (Lipinski definition) is 1. The van der Waals surface area contributed by atoms with Crippen molar-refractivity contribution in [2.24, 2.45) is 0 Å². The molecule has 2 aliphatic heterocycles. The maximum Gasteiger partial charge on any atom is 0.407 e. The minimum Gasteiger partial charge on any atom is -0.467 e. The van der Waals surface area contributed by atoms with E-state index in [-0.39, 0.29) is 30.9 Å². The number of amides is 2. The molecule has 0 unspecified atom stereocenters. The summed E-state index contributed by atoms with van der Waals surface area (Å²) in [4.78, 5) is 40.1. The molecule has 7 heteroatoms. The summed E-state index contributed by atoms with van der Waals surface area (Å²) in [6, 6.07) is 14.4. The van der Waals surface area contributed by atoms with Crippen LogP contribution in [-0.4, -0.2) is 54.7 Å². The number of nitrogens with zero attached hydrogens (tertiary/aromatic N) is 1. The number of methoxy groups -OCH3 is 1. The van der Waals surface area contributed by atoms with Gasteiger partial charge in [0.1, 0.15) is 18.7 Å². The Hall–Kier alpha value is -3.87. The van der Waals surface area contributed by atoms with E-state index in [1.54, 1.807) is 0 Å². The summed E-state index contributed by atoms with van der Waals surface area (Å²) in [5, 5.41) is 2.73. The largest absolute Gasteiger partial charge is 0.467 e. The monoisotopic (exact) mass is 472 g/mol. The standard InChI is InChI=1S/C28H28N2O5/c1-17-8-7-13-23(26(31)30-24(17)14-15-25(30)27(32)34-2)29-28(33)35-16-22-20-11-5-3-9-18(20)19-10-4-6-12-21(19)22/h3-12,22-25H,1,13-16H2,2H3,(H,29,33)/b8-7-/t23-,24+,25-/m0/s1. The van der Waals surface area contributed by atoms with Gasteiger partial charge in [-0.25, -0.2) is 9.59 Å². The Kier molecular flexibility index (Phi) is 6.16. The summed E-state index contributed by atoms with van der Waals surface area (Å²) >= 11 is 0. The predicted octanol–water partition coefficient (Wildman–Crippen LogP) is 3.94. The number of rotatable bonds is 4. The van der Waals surface area contributed by atoms with E-state index in [4.69, 9.17) is 9.47 Å². The van der Waals surface area contributed by atoms with Crippen molar-refractivity contribution in [3.63, 3.8) is 0 Å². The van der Waals surface area contributed by atoms with Crippen LogP contribution in [0.2, 0.25) is 0 Å². The van der Waals surface area contributed by atoms with E-state index in [1.807, 2.05) is 36.4 Å². The molecule has 5 rings (SSSR count). The summed E-state index contributed by atoms with van der Waals surface area (Å²) in [6.07, 6.45) is 4.41. The third-order valence-corrected chi connectivity index (χ3v) is 7.18. The van der Waals surface area contributed by atoms with Crippen LogP contribution in [0.4, 0.5) is 4.79 Å². The molecule has 2 heterocycles. The topological polar surface area (TPSA) is 84.9 Å². The second-order valence-electron chi connectivity index (χ2n) is 9.11. The number of ether oxygens (including phenoxy) is 2. The molecule has 0 bridgehead atoms. The van der Waals surface area contributed by atoms with Crippen LogP contribution in [0.3, 0.4) is 0 Å². The summed E-state index contributed by atoms with van der Waals surface area (Å²) in [6.45, 7) is 4.22. The lowest BCUT2D eigenvalue weighted by atomic mass is 9.98. The van der Waals surface area contributed by atoms with Crippen molar-refractivity contribution >= 4 is 18.0 Å². The molecule has 180 valence electrons. The van der Waals surface area contributed by atoms with Crippen LogP contribution in [0.1, 0.15) is 36.3 Å². The fourth-order valence-electron chi connectivity index (χ4n) is 5.50. The van der Waals surface area contributed by atoms with Crippen molar-refractivity contribution in [2.45, 2.75) is 43.3 Å². The lowest BCUT2D eigenvalue weighted by Gasteiger charge is -2.34. The van der Waals surface area contributed by atoms with Gasteiger partial charge in [0.15, 0.2) is 0 Å². The summed E-state index contributed by atoms with van der Waals surface area (Å²) < 4.78 is 10.6. The van der Waals surface area contributed by atoms with E-state index < -0.39 is 24.1 Å². The SMILES string of the molecule is C=C1/C=C\C[C@H](NC(=O)OCC2c3ccccc3-c3ccccc32)C(=O)N2[C@@H]1CC[C@H]2C(=O)OC. The maximum atomic E-state index is 13.5. The molecule has 2 aromatic rings. The van der Waals surface area contributed by atoms with Gasteiger partial charge in [0.2, 0.25) is 5.91 Å². The number of hydrogen-bond acceptors (Lipinski definition) is 5. The first-order valence-corrected chi connectivity index (χ1v) is 11.9. The molecule has 3 aliphatic rings. The molecule has 3 atom stereocenters. The minimum atomic E-state index is -0.845. The van der Waals surface area contributed by atoms with Crippen molar-refractivity contribution < 1.29 is 23.9 Å². The number of esters is 1. The number of fused-ring (bicyclic) bond motifs is 4. The maximum absolute atomic E-state index is 13.5. The van der Waals surface area contributed by atoms with Gasteiger partial charge >= 0.3 is 12.1 Å². The van der Waals surface area contributed by atoms with Crippen molar-refractivity contribution in [3.05, 3.63) is 84.0 Å². The van der Waals surface area contributed by atoms with E-state index in [1.165, 1.54) is 12.0 Å². The number of nitrogens with one attached hydrogen (secondary N) is 1. The van der Waals surface area contributed by atoms with Crippen LogP contribution in [0.25, 0.3) is 11.1 Å². The Morgan fingerprint density at radius 1 is 1.06 bits per heavy atom. The molecule has 1 fully saturated rings. The van der Waals surface area contributed by atoms with Crippen LogP contribution in [-0.2, 0) is 19.1 Å². The molecule has 35 heavy (non-hydrogen) atoms. The van der Waals surface area contributed by atoms with Gasteiger partial charge in [0.05, 0.1) is 13.2 Å². The van der Waals surface area contributed by atoms with E-state index >= 15 is 0 Å². The zero-order chi connectivity index (χ0) is 24.5. The fourth-order valence-corrected chi connectivity index (χ4v) is 5.50. The van der Waals surface area contributed by atoms with Crippen molar-refractivity contribution in [2.75, 3.05) is 13.7 Å². The van der Waals surface area contributed by atoms with E-state index in [9.17, 15) is 14.4 Å². The third kappa shape index (κ3) is 4.11. The number of alkyl carbamates (subject to hydrolysis) is 1. The molecule has 0 spiro atoms. The molecule has 1 aliphatic carbocycles. The van der Waals surface area contributed by atoms with Crippen LogP contribution in [0.15, 0.2) is 72.8 Å². The molecule has 0 saturated carbocycles. The Morgan fingerprint density at radius 3 is 2.37 bits per heavy atom. The van der Waals surface area contributed by atoms with Crippen LogP contribution < -0.4 is 5.32 Å². The second kappa shape index (κ2) is 9.41. The highest BCUT2D eigenvalue weighted by Crippen LogP contribution is 2.44. The normalized spacial score (nSPS) is 24.0.